The number of thioether (sulfide) groups is 1. The Kier molecular flexibility index (Phi) is 6.41. The summed E-state index contributed by atoms with van der Waals surface area (Å²) in [6.45, 7) is 3.66. The quantitative estimate of drug-likeness (QED) is 0.537. The molecule has 0 saturated heterocycles. The van der Waals surface area contributed by atoms with Gasteiger partial charge in [0.05, 0.1) is 25.6 Å². The standard InChI is InChI=1S/C24H23N3O5S/c1-4-11-27-23(29)21(22(28)26-24(27)30)17-13-20(33-19-8-6-5-7-16(19)25-17)15-10-9-14(31-2)12-18(15)32-3/h4-10,12,20,29H,1,11,13H2,2-3H3,(H,26,28,30)/t20-/m1/s1. The Morgan fingerprint density at radius 1 is 1.24 bits per heavy atom. The van der Waals surface area contributed by atoms with Crippen LogP contribution in [0.3, 0.4) is 0 Å². The Labute approximate surface area is 194 Å². The molecule has 0 spiro atoms. The van der Waals surface area contributed by atoms with Crippen LogP contribution in [0.2, 0.25) is 0 Å². The number of methoxy groups -OCH3 is 2. The maximum absolute atomic E-state index is 12.8. The Bertz CT molecular complexity index is 1360. The summed E-state index contributed by atoms with van der Waals surface area (Å²) >= 11 is 1.59. The smallest absolute Gasteiger partial charge is 0.331 e. The van der Waals surface area contributed by atoms with E-state index in [1.165, 1.54) is 6.08 Å². The normalized spacial score (nSPS) is 15.2. The zero-order valence-corrected chi connectivity index (χ0v) is 19.0. The van der Waals surface area contributed by atoms with Crippen molar-refractivity contribution in [1.82, 2.24) is 9.55 Å². The topological polar surface area (TPSA) is 106 Å². The number of allylic oxidation sites excluding steroid dienone is 1. The first-order chi connectivity index (χ1) is 16.0. The van der Waals surface area contributed by atoms with Crippen LogP contribution in [0, 0.1) is 0 Å². The highest BCUT2D eigenvalue weighted by Crippen LogP contribution is 2.48. The van der Waals surface area contributed by atoms with Crippen molar-refractivity contribution in [3.63, 3.8) is 0 Å². The summed E-state index contributed by atoms with van der Waals surface area (Å²) in [5, 5.41) is 10.7. The molecule has 0 saturated carbocycles. The minimum absolute atomic E-state index is 0.0359. The average Bonchev–Trinajstić information content (AvgIpc) is 3.00. The molecule has 8 nitrogen and oxygen atoms in total. The van der Waals surface area contributed by atoms with Gasteiger partial charge < -0.3 is 14.6 Å². The largest absolute Gasteiger partial charge is 0.497 e. The molecular weight excluding hydrogens is 442 g/mol. The molecule has 9 heteroatoms. The molecule has 0 amide bonds. The van der Waals surface area contributed by atoms with Gasteiger partial charge in [-0.3, -0.25) is 19.3 Å². The fourth-order valence-electron chi connectivity index (χ4n) is 3.74. The van der Waals surface area contributed by atoms with E-state index in [1.54, 1.807) is 32.0 Å². The molecule has 1 aliphatic rings. The highest BCUT2D eigenvalue weighted by molar-refractivity contribution is 7.99. The van der Waals surface area contributed by atoms with Crippen molar-refractivity contribution >= 4 is 23.2 Å². The molecule has 2 N–H and O–H groups in total. The van der Waals surface area contributed by atoms with Crippen LogP contribution in [-0.2, 0) is 6.54 Å². The number of aliphatic imine (C=N–C) groups is 1. The zero-order chi connectivity index (χ0) is 23.5. The van der Waals surface area contributed by atoms with E-state index >= 15 is 0 Å². The lowest BCUT2D eigenvalue weighted by molar-refractivity contribution is 0.391. The van der Waals surface area contributed by atoms with E-state index in [9.17, 15) is 14.7 Å². The van der Waals surface area contributed by atoms with Gasteiger partial charge in [0, 0.05) is 34.7 Å². The number of benzene rings is 2. The Morgan fingerprint density at radius 2 is 2.03 bits per heavy atom. The van der Waals surface area contributed by atoms with Crippen molar-refractivity contribution in [2.75, 3.05) is 14.2 Å². The van der Waals surface area contributed by atoms with Crippen LogP contribution in [-0.4, -0.2) is 34.6 Å². The number of fused-ring (bicyclic) bond motifs is 1. The predicted molar refractivity (Wildman–Crippen MR) is 129 cm³/mol. The van der Waals surface area contributed by atoms with Crippen LogP contribution in [0.1, 0.15) is 22.8 Å². The van der Waals surface area contributed by atoms with Crippen LogP contribution >= 0.6 is 11.8 Å². The van der Waals surface area contributed by atoms with Crippen molar-refractivity contribution < 1.29 is 14.6 Å². The van der Waals surface area contributed by atoms with Crippen molar-refractivity contribution in [2.45, 2.75) is 23.1 Å². The third-order valence-corrected chi connectivity index (χ3v) is 6.63. The number of hydrogen-bond acceptors (Lipinski definition) is 7. The minimum Gasteiger partial charge on any atom is -0.497 e. The van der Waals surface area contributed by atoms with Gasteiger partial charge in [-0.15, -0.1) is 18.3 Å². The second kappa shape index (κ2) is 9.41. The molecule has 1 aliphatic heterocycles. The maximum atomic E-state index is 12.8. The van der Waals surface area contributed by atoms with Crippen molar-refractivity contribution in [3.8, 4) is 17.4 Å². The maximum Gasteiger partial charge on any atom is 0.331 e. The first-order valence-electron chi connectivity index (χ1n) is 10.2. The molecule has 33 heavy (non-hydrogen) atoms. The summed E-state index contributed by atoms with van der Waals surface area (Å²) in [6.07, 6.45) is 1.78. The Balaban J connectivity index is 1.91. The summed E-state index contributed by atoms with van der Waals surface area (Å²) in [7, 11) is 3.17. The summed E-state index contributed by atoms with van der Waals surface area (Å²) in [4.78, 5) is 33.0. The second-order valence-corrected chi connectivity index (χ2v) is 8.55. The lowest BCUT2D eigenvalue weighted by Gasteiger charge is -2.20. The summed E-state index contributed by atoms with van der Waals surface area (Å²) in [5.74, 6) is 0.863. The third-order valence-electron chi connectivity index (χ3n) is 5.33. The number of nitrogens with one attached hydrogen (secondary N) is 1. The van der Waals surface area contributed by atoms with Crippen LogP contribution in [0.5, 0.6) is 17.4 Å². The minimum atomic E-state index is -0.710. The highest BCUT2D eigenvalue weighted by Gasteiger charge is 2.28. The van der Waals surface area contributed by atoms with Gasteiger partial charge in [0.25, 0.3) is 5.56 Å². The zero-order valence-electron chi connectivity index (χ0n) is 18.2. The summed E-state index contributed by atoms with van der Waals surface area (Å²) < 4.78 is 12.0. The van der Waals surface area contributed by atoms with Crippen LogP contribution in [0.4, 0.5) is 5.69 Å². The second-order valence-electron chi connectivity index (χ2n) is 7.30. The van der Waals surface area contributed by atoms with Crippen LogP contribution in [0.25, 0.3) is 0 Å². The molecule has 0 unspecified atom stereocenters. The van der Waals surface area contributed by atoms with Crippen molar-refractivity contribution in [3.05, 3.63) is 87.1 Å². The molecule has 3 aromatic rings. The number of aromatic nitrogens is 2. The molecule has 1 aromatic heterocycles. The van der Waals surface area contributed by atoms with E-state index in [4.69, 9.17) is 14.5 Å². The number of hydrogen-bond donors (Lipinski definition) is 2. The van der Waals surface area contributed by atoms with E-state index in [0.717, 1.165) is 15.0 Å². The van der Waals surface area contributed by atoms with E-state index < -0.39 is 17.1 Å². The molecule has 0 bridgehead atoms. The lowest BCUT2D eigenvalue weighted by Crippen LogP contribution is -2.34. The van der Waals surface area contributed by atoms with E-state index in [2.05, 4.69) is 11.6 Å². The SMILES string of the molecule is C=CCn1c(O)c(C2=Nc3ccccc3S[C@@H](c3ccc(OC)cc3OC)C2)c(=O)[nH]c1=O. The summed E-state index contributed by atoms with van der Waals surface area (Å²) in [6, 6.07) is 13.2. The van der Waals surface area contributed by atoms with Gasteiger partial charge in [-0.2, -0.15) is 0 Å². The molecular formula is C24H23N3O5S. The number of rotatable bonds is 6. The molecule has 1 atom stereocenters. The lowest BCUT2D eigenvalue weighted by atomic mass is 10.0. The highest BCUT2D eigenvalue weighted by atomic mass is 32.2. The van der Waals surface area contributed by atoms with Gasteiger partial charge in [-0.25, -0.2) is 4.79 Å². The van der Waals surface area contributed by atoms with E-state index in [0.29, 0.717) is 29.3 Å². The molecule has 0 aliphatic carbocycles. The van der Waals surface area contributed by atoms with E-state index in [-0.39, 0.29) is 17.4 Å². The van der Waals surface area contributed by atoms with Gasteiger partial charge in [0.1, 0.15) is 17.1 Å². The number of aromatic hydroxyl groups is 1. The molecule has 0 fully saturated rings. The number of H-pyrrole nitrogens is 1. The van der Waals surface area contributed by atoms with Gasteiger partial charge in [0.15, 0.2) is 0 Å². The molecule has 4 rings (SSSR count). The average molecular weight is 466 g/mol. The molecule has 2 heterocycles. The first kappa shape index (κ1) is 22.5. The number of nitrogens with zero attached hydrogens (tertiary/aromatic N) is 2. The van der Waals surface area contributed by atoms with E-state index in [1.807, 2.05) is 36.4 Å². The Hall–Kier alpha value is -3.72. The molecule has 0 radical (unpaired) electrons. The monoisotopic (exact) mass is 465 g/mol. The van der Waals surface area contributed by atoms with Gasteiger partial charge in [-0.1, -0.05) is 24.3 Å². The van der Waals surface area contributed by atoms with Crippen LogP contribution < -0.4 is 20.7 Å². The summed E-state index contributed by atoms with van der Waals surface area (Å²) in [5.41, 5.74) is 0.494. The van der Waals surface area contributed by atoms with Crippen molar-refractivity contribution in [2.24, 2.45) is 4.99 Å². The van der Waals surface area contributed by atoms with Crippen molar-refractivity contribution in [1.29, 1.82) is 0 Å². The fourth-order valence-corrected chi connectivity index (χ4v) is 5.01. The van der Waals surface area contributed by atoms with Gasteiger partial charge >= 0.3 is 5.69 Å². The Morgan fingerprint density at radius 3 is 2.76 bits per heavy atom. The number of aromatic amines is 1. The number of para-hydroxylation sites is 1. The van der Waals surface area contributed by atoms with Gasteiger partial charge in [-0.05, 0) is 18.2 Å². The van der Waals surface area contributed by atoms with Gasteiger partial charge in [0.2, 0.25) is 5.88 Å². The molecule has 2 aromatic carbocycles. The first-order valence-corrected chi connectivity index (χ1v) is 11.1. The fraction of sp³-hybridized carbons (Fsp3) is 0.208. The number of ether oxygens (including phenoxy) is 2. The molecule has 170 valence electrons. The van der Waals surface area contributed by atoms with Crippen LogP contribution in [0.15, 0.2) is 74.6 Å². The third kappa shape index (κ3) is 4.31. The predicted octanol–water partition coefficient (Wildman–Crippen LogP) is 3.80.